The van der Waals surface area contributed by atoms with Crippen molar-refractivity contribution in [2.75, 3.05) is 6.54 Å². The summed E-state index contributed by atoms with van der Waals surface area (Å²) < 4.78 is 13.5. The van der Waals surface area contributed by atoms with Crippen molar-refractivity contribution in [3.05, 3.63) is 64.7 Å². The first-order chi connectivity index (χ1) is 8.77. The minimum absolute atomic E-state index is 0.265. The summed E-state index contributed by atoms with van der Waals surface area (Å²) in [6.45, 7) is 1.21. The largest absolute Gasteiger partial charge is 0.312 e. The van der Waals surface area contributed by atoms with Crippen LogP contribution in [0.15, 0.2) is 42.7 Å². The zero-order valence-electron chi connectivity index (χ0n) is 9.87. The molecule has 1 heterocycles. The lowest BCUT2D eigenvalue weighted by Gasteiger charge is -2.07. The Labute approximate surface area is 111 Å². The molecule has 2 nitrogen and oxygen atoms in total. The summed E-state index contributed by atoms with van der Waals surface area (Å²) in [6.07, 6.45) is 4.42. The van der Waals surface area contributed by atoms with Gasteiger partial charge in [-0.1, -0.05) is 17.7 Å². The van der Waals surface area contributed by atoms with Crippen LogP contribution >= 0.6 is 11.6 Å². The van der Waals surface area contributed by atoms with Crippen molar-refractivity contribution in [3.63, 3.8) is 0 Å². The molecule has 0 aliphatic heterocycles. The van der Waals surface area contributed by atoms with Crippen LogP contribution < -0.4 is 5.32 Å². The third-order valence-corrected chi connectivity index (χ3v) is 3.06. The SMILES string of the molecule is Fc1cccc(Cl)c1CNCCc1ccncc1. The number of pyridine rings is 1. The van der Waals surface area contributed by atoms with E-state index in [1.165, 1.54) is 11.6 Å². The highest BCUT2D eigenvalue weighted by Gasteiger charge is 2.05. The van der Waals surface area contributed by atoms with Crippen molar-refractivity contribution in [1.29, 1.82) is 0 Å². The first-order valence-electron chi connectivity index (χ1n) is 5.80. The van der Waals surface area contributed by atoms with Crippen LogP contribution in [0.5, 0.6) is 0 Å². The molecule has 0 aliphatic rings. The summed E-state index contributed by atoms with van der Waals surface area (Å²) in [7, 11) is 0. The van der Waals surface area contributed by atoms with E-state index in [1.54, 1.807) is 24.5 Å². The highest BCUT2D eigenvalue weighted by Crippen LogP contribution is 2.18. The summed E-state index contributed by atoms with van der Waals surface area (Å²) in [5, 5.41) is 3.65. The van der Waals surface area contributed by atoms with Crippen LogP contribution in [-0.4, -0.2) is 11.5 Å². The van der Waals surface area contributed by atoms with E-state index in [0.29, 0.717) is 17.1 Å². The van der Waals surface area contributed by atoms with Gasteiger partial charge in [-0.2, -0.15) is 0 Å². The molecule has 2 aromatic rings. The quantitative estimate of drug-likeness (QED) is 0.839. The third-order valence-electron chi connectivity index (χ3n) is 2.70. The molecule has 0 bridgehead atoms. The predicted molar refractivity (Wildman–Crippen MR) is 71.1 cm³/mol. The molecule has 2 rings (SSSR count). The van der Waals surface area contributed by atoms with Crippen LogP contribution in [0.4, 0.5) is 4.39 Å². The Morgan fingerprint density at radius 2 is 1.94 bits per heavy atom. The second kappa shape index (κ2) is 6.47. The molecule has 0 unspecified atom stereocenters. The molecule has 0 amide bonds. The molecule has 94 valence electrons. The van der Waals surface area contributed by atoms with Gasteiger partial charge < -0.3 is 5.32 Å². The molecule has 1 N–H and O–H groups in total. The Morgan fingerprint density at radius 1 is 1.17 bits per heavy atom. The normalized spacial score (nSPS) is 10.6. The van der Waals surface area contributed by atoms with E-state index in [-0.39, 0.29) is 5.82 Å². The minimum atomic E-state index is -0.265. The summed E-state index contributed by atoms with van der Waals surface area (Å²) in [4.78, 5) is 3.96. The maximum atomic E-state index is 13.5. The van der Waals surface area contributed by atoms with E-state index >= 15 is 0 Å². The molecule has 0 atom stereocenters. The maximum Gasteiger partial charge on any atom is 0.129 e. The van der Waals surface area contributed by atoms with Crippen LogP contribution in [0.1, 0.15) is 11.1 Å². The molecule has 0 aliphatic carbocycles. The number of aromatic nitrogens is 1. The lowest BCUT2D eigenvalue weighted by atomic mass is 10.2. The highest BCUT2D eigenvalue weighted by atomic mass is 35.5. The molecular formula is C14H14ClFN2. The summed E-state index contributed by atoms with van der Waals surface area (Å²) in [5.74, 6) is -0.265. The van der Waals surface area contributed by atoms with E-state index < -0.39 is 0 Å². The molecule has 0 radical (unpaired) electrons. The lowest BCUT2D eigenvalue weighted by molar-refractivity contribution is 0.588. The highest BCUT2D eigenvalue weighted by molar-refractivity contribution is 6.31. The molecule has 18 heavy (non-hydrogen) atoms. The number of hydrogen-bond acceptors (Lipinski definition) is 2. The van der Waals surface area contributed by atoms with Crippen molar-refractivity contribution in [3.8, 4) is 0 Å². The first-order valence-corrected chi connectivity index (χ1v) is 6.17. The average molecular weight is 265 g/mol. The van der Waals surface area contributed by atoms with Crippen molar-refractivity contribution in [2.24, 2.45) is 0 Å². The molecule has 4 heteroatoms. The Kier molecular flexibility index (Phi) is 4.67. The first kappa shape index (κ1) is 13.0. The maximum absolute atomic E-state index is 13.5. The second-order valence-corrected chi connectivity index (χ2v) is 4.39. The summed E-state index contributed by atoms with van der Waals surface area (Å²) in [6, 6.07) is 8.67. The van der Waals surface area contributed by atoms with Crippen molar-refractivity contribution >= 4 is 11.6 Å². The number of hydrogen-bond donors (Lipinski definition) is 1. The van der Waals surface area contributed by atoms with E-state index in [9.17, 15) is 4.39 Å². The Morgan fingerprint density at radius 3 is 2.67 bits per heavy atom. The van der Waals surface area contributed by atoms with Crippen LogP contribution in [0.2, 0.25) is 5.02 Å². The van der Waals surface area contributed by atoms with Gasteiger partial charge in [0.05, 0.1) is 0 Å². The average Bonchev–Trinajstić information content (AvgIpc) is 2.38. The van der Waals surface area contributed by atoms with E-state index in [2.05, 4.69) is 10.3 Å². The van der Waals surface area contributed by atoms with E-state index in [4.69, 9.17) is 11.6 Å². The van der Waals surface area contributed by atoms with Crippen molar-refractivity contribution in [2.45, 2.75) is 13.0 Å². The van der Waals surface area contributed by atoms with Gasteiger partial charge in [-0.25, -0.2) is 4.39 Å². The monoisotopic (exact) mass is 264 g/mol. The van der Waals surface area contributed by atoms with Gasteiger partial charge in [-0.15, -0.1) is 0 Å². The van der Waals surface area contributed by atoms with Crippen LogP contribution in [0.3, 0.4) is 0 Å². The molecule has 0 saturated heterocycles. The van der Waals surface area contributed by atoms with Crippen LogP contribution in [-0.2, 0) is 13.0 Å². The molecule has 1 aromatic heterocycles. The number of benzene rings is 1. The number of halogens is 2. The van der Waals surface area contributed by atoms with Gasteiger partial charge in [-0.05, 0) is 42.8 Å². The molecule has 0 spiro atoms. The second-order valence-electron chi connectivity index (χ2n) is 3.98. The molecule has 0 fully saturated rings. The van der Waals surface area contributed by atoms with E-state index in [0.717, 1.165) is 13.0 Å². The van der Waals surface area contributed by atoms with Crippen molar-refractivity contribution in [1.82, 2.24) is 10.3 Å². The molecular weight excluding hydrogens is 251 g/mol. The van der Waals surface area contributed by atoms with Gasteiger partial charge in [-0.3, -0.25) is 4.98 Å². The number of nitrogens with one attached hydrogen (secondary N) is 1. The zero-order chi connectivity index (χ0) is 12.8. The molecule has 1 aromatic carbocycles. The van der Waals surface area contributed by atoms with Crippen LogP contribution in [0.25, 0.3) is 0 Å². The standard InChI is InChI=1S/C14H14ClFN2/c15-13-2-1-3-14(16)12(13)10-18-9-6-11-4-7-17-8-5-11/h1-5,7-8,18H,6,9-10H2. The fraction of sp³-hybridized carbons (Fsp3) is 0.214. The summed E-state index contributed by atoms with van der Waals surface area (Å²) >= 11 is 5.94. The van der Waals surface area contributed by atoms with Gasteiger partial charge in [0.25, 0.3) is 0 Å². The number of nitrogens with zero attached hydrogens (tertiary/aromatic N) is 1. The van der Waals surface area contributed by atoms with Gasteiger partial charge in [0.2, 0.25) is 0 Å². The fourth-order valence-electron chi connectivity index (χ4n) is 1.70. The Balaban J connectivity index is 1.82. The smallest absolute Gasteiger partial charge is 0.129 e. The van der Waals surface area contributed by atoms with Gasteiger partial charge in [0.15, 0.2) is 0 Å². The van der Waals surface area contributed by atoms with E-state index in [1.807, 2.05) is 12.1 Å². The van der Waals surface area contributed by atoms with Crippen molar-refractivity contribution < 1.29 is 4.39 Å². The lowest BCUT2D eigenvalue weighted by Crippen LogP contribution is -2.17. The predicted octanol–water partition coefficient (Wildman–Crippen LogP) is 3.21. The summed E-state index contributed by atoms with van der Waals surface area (Å²) in [5.41, 5.74) is 1.73. The van der Waals surface area contributed by atoms with Gasteiger partial charge in [0.1, 0.15) is 5.82 Å². The molecule has 0 saturated carbocycles. The Bertz CT molecular complexity index is 482. The van der Waals surface area contributed by atoms with Gasteiger partial charge >= 0.3 is 0 Å². The fourth-order valence-corrected chi connectivity index (χ4v) is 1.93. The zero-order valence-corrected chi connectivity index (χ0v) is 10.6. The van der Waals surface area contributed by atoms with Gasteiger partial charge in [0, 0.05) is 29.5 Å². The Hall–Kier alpha value is -1.45. The third kappa shape index (κ3) is 3.52. The van der Waals surface area contributed by atoms with Crippen LogP contribution in [0, 0.1) is 5.82 Å². The number of rotatable bonds is 5. The topological polar surface area (TPSA) is 24.9 Å². The minimum Gasteiger partial charge on any atom is -0.312 e.